The quantitative estimate of drug-likeness (QED) is 0.685. The Hall–Kier alpha value is -1.10. The summed E-state index contributed by atoms with van der Waals surface area (Å²) in [4.78, 5) is 0. The van der Waals surface area contributed by atoms with E-state index in [9.17, 15) is 15.3 Å². The standard InChI is InChI=1S/C16H26O4/c1-4-14(17)15(18)12-8-7-9-13(10-12)20-11-16(19,5-2)6-3/h7-10,14-15,17-19H,4-6,11H2,1-3H3/t14-,15+/m1/s1. The number of hydrogen-bond acceptors (Lipinski definition) is 4. The van der Waals surface area contributed by atoms with Gasteiger partial charge in [-0.05, 0) is 37.0 Å². The van der Waals surface area contributed by atoms with Gasteiger partial charge in [0.25, 0.3) is 0 Å². The van der Waals surface area contributed by atoms with Crippen molar-refractivity contribution in [3.05, 3.63) is 29.8 Å². The van der Waals surface area contributed by atoms with Crippen molar-refractivity contribution >= 4 is 0 Å². The highest BCUT2D eigenvalue weighted by Crippen LogP contribution is 2.24. The molecule has 0 amide bonds. The van der Waals surface area contributed by atoms with E-state index in [0.29, 0.717) is 30.6 Å². The second-order valence-electron chi connectivity index (χ2n) is 5.21. The van der Waals surface area contributed by atoms with Gasteiger partial charge in [-0.3, -0.25) is 0 Å². The van der Waals surface area contributed by atoms with Crippen LogP contribution in [0.4, 0.5) is 0 Å². The van der Waals surface area contributed by atoms with Crippen molar-refractivity contribution < 1.29 is 20.1 Å². The SMILES string of the molecule is CC[C@@H](O)[C@@H](O)c1cccc(OCC(O)(CC)CC)c1. The highest BCUT2D eigenvalue weighted by Gasteiger charge is 2.23. The lowest BCUT2D eigenvalue weighted by Crippen LogP contribution is -2.34. The summed E-state index contributed by atoms with van der Waals surface area (Å²) < 4.78 is 5.61. The number of ether oxygens (including phenoxy) is 1. The zero-order valence-electron chi connectivity index (χ0n) is 12.5. The maximum atomic E-state index is 10.2. The highest BCUT2D eigenvalue weighted by molar-refractivity contribution is 5.30. The molecule has 0 heterocycles. The zero-order valence-corrected chi connectivity index (χ0v) is 12.5. The Balaban J connectivity index is 2.74. The molecule has 0 fully saturated rings. The molecule has 0 aromatic heterocycles. The zero-order chi connectivity index (χ0) is 15.2. The average Bonchev–Trinajstić information content (AvgIpc) is 2.51. The summed E-state index contributed by atoms with van der Waals surface area (Å²) in [6.45, 7) is 5.88. The van der Waals surface area contributed by atoms with E-state index in [1.807, 2.05) is 20.8 Å². The second kappa shape index (κ2) is 7.62. The molecule has 2 atom stereocenters. The Morgan fingerprint density at radius 3 is 2.35 bits per heavy atom. The minimum atomic E-state index is -0.917. The van der Waals surface area contributed by atoms with Gasteiger partial charge in [0.2, 0.25) is 0 Å². The first-order chi connectivity index (χ1) is 9.45. The minimum Gasteiger partial charge on any atom is -0.491 e. The van der Waals surface area contributed by atoms with Crippen LogP contribution in [0, 0.1) is 0 Å². The van der Waals surface area contributed by atoms with E-state index < -0.39 is 17.8 Å². The summed E-state index contributed by atoms with van der Waals surface area (Å²) in [6, 6.07) is 7.00. The third kappa shape index (κ3) is 4.47. The highest BCUT2D eigenvalue weighted by atomic mass is 16.5. The topological polar surface area (TPSA) is 69.9 Å². The minimum absolute atomic E-state index is 0.218. The molecule has 0 aliphatic heterocycles. The van der Waals surface area contributed by atoms with Crippen LogP contribution in [0.25, 0.3) is 0 Å². The van der Waals surface area contributed by atoms with Gasteiger partial charge in [0.1, 0.15) is 18.5 Å². The Morgan fingerprint density at radius 1 is 1.15 bits per heavy atom. The molecule has 0 saturated heterocycles. The van der Waals surface area contributed by atoms with Crippen LogP contribution >= 0.6 is 0 Å². The first kappa shape index (κ1) is 17.0. The number of aliphatic hydroxyl groups excluding tert-OH is 2. The molecule has 0 spiro atoms. The van der Waals surface area contributed by atoms with Crippen LogP contribution < -0.4 is 4.74 Å². The molecule has 0 radical (unpaired) electrons. The van der Waals surface area contributed by atoms with Crippen molar-refractivity contribution in [1.82, 2.24) is 0 Å². The van der Waals surface area contributed by atoms with Crippen molar-refractivity contribution in [2.45, 2.75) is 57.8 Å². The molecule has 1 aromatic rings. The monoisotopic (exact) mass is 282 g/mol. The smallest absolute Gasteiger partial charge is 0.119 e. The normalized spacial score (nSPS) is 14.9. The molecule has 4 heteroatoms. The van der Waals surface area contributed by atoms with E-state index >= 15 is 0 Å². The molecule has 3 N–H and O–H groups in total. The van der Waals surface area contributed by atoms with E-state index in [4.69, 9.17) is 4.74 Å². The Bertz CT molecular complexity index is 401. The predicted molar refractivity (Wildman–Crippen MR) is 78.7 cm³/mol. The van der Waals surface area contributed by atoms with Gasteiger partial charge < -0.3 is 20.1 Å². The lowest BCUT2D eigenvalue weighted by atomic mass is 9.99. The maximum Gasteiger partial charge on any atom is 0.119 e. The maximum absolute atomic E-state index is 10.2. The van der Waals surface area contributed by atoms with Gasteiger partial charge >= 0.3 is 0 Å². The summed E-state index contributed by atoms with van der Waals surface area (Å²) >= 11 is 0. The number of benzene rings is 1. The average molecular weight is 282 g/mol. The molecule has 20 heavy (non-hydrogen) atoms. The fourth-order valence-corrected chi connectivity index (χ4v) is 1.91. The molecule has 114 valence electrons. The van der Waals surface area contributed by atoms with Gasteiger partial charge in [0.05, 0.1) is 11.7 Å². The van der Waals surface area contributed by atoms with Crippen LogP contribution in [0.3, 0.4) is 0 Å². The Morgan fingerprint density at radius 2 is 1.80 bits per heavy atom. The van der Waals surface area contributed by atoms with Crippen LogP contribution in [0.15, 0.2) is 24.3 Å². The molecule has 0 aliphatic rings. The Kier molecular flexibility index (Phi) is 6.46. The number of rotatable bonds is 8. The van der Waals surface area contributed by atoms with Crippen molar-refractivity contribution in [3.63, 3.8) is 0 Å². The summed E-state index contributed by atoms with van der Waals surface area (Å²) in [6.07, 6.45) is 0.0338. The molecule has 1 rings (SSSR count). The molecule has 1 aromatic carbocycles. The lowest BCUT2D eigenvalue weighted by Gasteiger charge is -2.25. The van der Waals surface area contributed by atoms with Crippen molar-refractivity contribution in [2.24, 2.45) is 0 Å². The molecule has 4 nitrogen and oxygen atoms in total. The largest absolute Gasteiger partial charge is 0.491 e. The summed E-state index contributed by atoms with van der Waals surface area (Å²) in [5, 5.41) is 29.8. The fourth-order valence-electron chi connectivity index (χ4n) is 1.91. The van der Waals surface area contributed by atoms with E-state index in [2.05, 4.69) is 0 Å². The van der Waals surface area contributed by atoms with Gasteiger partial charge in [-0.25, -0.2) is 0 Å². The molecule has 0 unspecified atom stereocenters. The predicted octanol–water partition coefficient (Wildman–Crippen LogP) is 2.42. The number of hydrogen-bond donors (Lipinski definition) is 3. The first-order valence-corrected chi connectivity index (χ1v) is 7.27. The van der Waals surface area contributed by atoms with Gasteiger partial charge in [0, 0.05) is 0 Å². The molecule has 0 saturated carbocycles. The van der Waals surface area contributed by atoms with Crippen LogP contribution in [0.2, 0.25) is 0 Å². The van der Waals surface area contributed by atoms with E-state index in [-0.39, 0.29) is 6.61 Å². The molecular formula is C16H26O4. The van der Waals surface area contributed by atoms with Crippen LogP contribution in [0.1, 0.15) is 51.7 Å². The van der Waals surface area contributed by atoms with Crippen LogP contribution in [-0.2, 0) is 0 Å². The van der Waals surface area contributed by atoms with Gasteiger partial charge in [-0.1, -0.05) is 32.9 Å². The second-order valence-corrected chi connectivity index (χ2v) is 5.21. The van der Waals surface area contributed by atoms with E-state index in [1.165, 1.54) is 0 Å². The lowest BCUT2D eigenvalue weighted by molar-refractivity contribution is -0.0116. The fraction of sp³-hybridized carbons (Fsp3) is 0.625. The van der Waals surface area contributed by atoms with Crippen LogP contribution in [-0.4, -0.2) is 33.6 Å². The molecular weight excluding hydrogens is 256 g/mol. The first-order valence-electron chi connectivity index (χ1n) is 7.27. The van der Waals surface area contributed by atoms with Gasteiger partial charge in [-0.15, -0.1) is 0 Å². The van der Waals surface area contributed by atoms with Crippen molar-refractivity contribution in [3.8, 4) is 5.75 Å². The van der Waals surface area contributed by atoms with E-state index in [0.717, 1.165) is 0 Å². The third-order valence-electron chi connectivity index (χ3n) is 3.81. The Labute approximate surface area is 121 Å². The van der Waals surface area contributed by atoms with Crippen molar-refractivity contribution in [1.29, 1.82) is 0 Å². The molecule has 0 bridgehead atoms. The van der Waals surface area contributed by atoms with Gasteiger partial charge in [-0.2, -0.15) is 0 Å². The van der Waals surface area contributed by atoms with E-state index in [1.54, 1.807) is 24.3 Å². The summed E-state index contributed by atoms with van der Waals surface area (Å²) in [5.74, 6) is 0.588. The van der Waals surface area contributed by atoms with Crippen LogP contribution in [0.5, 0.6) is 5.75 Å². The van der Waals surface area contributed by atoms with Crippen molar-refractivity contribution in [2.75, 3.05) is 6.61 Å². The number of aliphatic hydroxyl groups is 3. The molecule has 0 aliphatic carbocycles. The van der Waals surface area contributed by atoms with Gasteiger partial charge in [0.15, 0.2) is 0 Å². The summed E-state index contributed by atoms with van der Waals surface area (Å²) in [5.41, 5.74) is -0.203. The third-order valence-corrected chi connectivity index (χ3v) is 3.81. The summed E-state index contributed by atoms with van der Waals surface area (Å²) in [7, 11) is 0.